The predicted octanol–water partition coefficient (Wildman–Crippen LogP) is 2.85. The summed E-state index contributed by atoms with van der Waals surface area (Å²) in [6.45, 7) is 3.54. The molecule has 1 aliphatic carbocycles. The van der Waals surface area contributed by atoms with Crippen molar-refractivity contribution in [2.75, 3.05) is 5.32 Å². The normalized spacial score (nSPS) is 18.5. The summed E-state index contributed by atoms with van der Waals surface area (Å²) in [6.07, 6.45) is 6.36. The highest BCUT2D eigenvalue weighted by atomic mass is 16.5. The Balaban J connectivity index is 1.64. The SMILES string of the molecule is C=CNc1ccc(C(=O)O[C@@H]2CCC[C@H]2NC(=O)c2ccncc2)c(O)c1. The van der Waals surface area contributed by atoms with E-state index < -0.39 is 12.1 Å². The largest absolute Gasteiger partial charge is 0.507 e. The maximum atomic E-state index is 12.4. The Bertz CT molecular complexity index is 838. The third-order valence-electron chi connectivity index (χ3n) is 4.46. The number of nitrogens with one attached hydrogen (secondary N) is 2. The molecule has 1 aromatic heterocycles. The minimum atomic E-state index is -0.618. The average Bonchev–Trinajstić information content (AvgIpc) is 3.09. The van der Waals surface area contributed by atoms with E-state index in [9.17, 15) is 14.7 Å². The number of anilines is 1. The first-order valence-electron chi connectivity index (χ1n) is 8.71. The van der Waals surface area contributed by atoms with Crippen LogP contribution in [0.4, 0.5) is 5.69 Å². The molecule has 3 rings (SSSR count). The fourth-order valence-electron chi connectivity index (χ4n) is 3.10. The number of benzene rings is 1. The molecule has 0 unspecified atom stereocenters. The lowest BCUT2D eigenvalue weighted by atomic mass is 10.1. The molecule has 1 heterocycles. The Morgan fingerprint density at radius 2 is 2.00 bits per heavy atom. The zero-order chi connectivity index (χ0) is 19.2. The number of phenolic OH excluding ortho intramolecular Hbond substituents is 1. The number of hydrogen-bond donors (Lipinski definition) is 3. The third kappa shape index (κ3) is 4.44. The van der Waals surface area contributed by atoms with Crippen molar-refractivity contribution in [3.05, 3.63) is 66.6 Å². The Kier molecular flexibility index (Phi) is 5.71. The minimum Gasteiger partial charge on any atom is -0.507 e. The number of hydrogen-bond acceptors (Lipinski definition) is 6. The second kappa shape index (κ2) is 8.35. The van der Waals surface area contributed by atoms with Gasteiger partial charge in [0, 0.05) is 29.7 Å². The maximum Gasteiger partial charge on any atom is 0.342 e. The smallest absolute Gasteiger partial charge is 0.342 e. The molecular weight excluding hydrogens is 346 g/mol. The summed E-state index contributed by atoms with van der Waals surface area (Å²) < 4.78 is 5.56. The summed E-state index contributed by atoms with van der Waals surface area (Å²) in [6, 6.07) is 7.55. The van der Waals surface area contributed by atoms with Crippen LogP contribution in [0.1, 0.15) is 40.0 Å². The van der Waals surface area contributed by atoms with Crippen LogP contribution in [0.5, 0.6) is 5.75 Å². The Labute approximate surface area is 157 Å². The third-order valence-corrected chi connectivity index (χ3v) is 4.46. The molecule has 2 atom stereocenters. The highest BCUT2D eigenvalue weighted by Gasteiger charge is 2.32. The van der Waals surface area contributed by atoms with Gasteiger partial charge in [0.2, 0.25) is 0 Å². The number of nitrogens with zero attached hydrogens (tertiary/aromatic N) is 1. The number of pyridine rings is 1. The van der Waals surface area contributed by atoms with Gasteiger partial charge in [-0.3, -0.25) is 9.78 Å². The average molecular weight is 367 g/mol. The van der Waals surface area contributed by atoms with Crippen LogP contribution in [-0.4, -0.2) is 34.1 Å². The number of carbonyl (C=O) groups excluding carboxylic acids is 2. The molecule has 1 amide bonds. The lowest BCUT2D eigenvalue weighted by molar-refractivity contribution is 0.0247. The van der Waals surface area contributed by atoms with Gasteiger partial charge in [-0.2, -0.15) is 0 Å². The van der Waals surface area contributed by atoms with Crippen LogP contribution in [0.3, 0.4) is 0 Å². The molecule has 0 aliphatic heterocycles. The van der Waals surface area contributed by atoms with Crippen LogP contribution in [-0.2, 0) is 4.74 Å². The van der Waals surface area contributed by atoms with E-state index in [0.29, 0.717) is 17.7 Å². The van der Waals surface area contributed by atoms with Gasteiger partial charge in [-0.15, -0.1) is 0 Å². The molecule has 1 aromatic carbocycles. The predicted molar refractivity (Wildman–Crippen MR) is 100 cm³/mol. The summed E-state index contributed by atoms with van der Waals surface area (Å²) in [7, 11) is 0. The van der Waals surface area contributed by atoms with Crippen LogP contribution in [0.15, 0.2) is 55.5 Å². The van der Waals surface area contributed by atoms with Crippen molar-refractivity contribution in [3.8, 4) is 5.75 Å². The van der Waals surface area contributed by atoms with Crippen LogP contribution in [0.25, 0.3) is 0 Å². The summed E-state index contributed by atoms with van der Waals surface area (Å²) in [5, 5.41) is 15.8. The molecule has 2 aromatic rings. The molecule has 1 fully saturated rings. The Morgan fingerprint density at radius 3 is 2.70 bits per heavy atom. The van der Waals surface area contributed by atoms with E-state index >= 15 is 0 Å². The maximum absolute atomic E-state index is 12.4. The zero-order valence-corrected chi connectivity index (χ0v) is 14.7. The molecule has 0 saturated heterocycles. The summed E-state index contributed by atoms with van der Waals surface area (Å²) in [4.78, 5) is 28.7. The van der Waals surface area contributed by atoms with Gasteiger partial charge in [0.25, 0.3) is 5.91 Å². The van der Waals surface area contributed by atoms with Gasteiger partial charge < -0.3 is 20.5 Å². The van der Waals surface area contributed by atoms with Crippen molar-refractivity contribution in [1.82, 2.24) is 10.3 Å². The number of aromatic nitrogens is 1. The highest BCUT2D eigenvalue weighted by molar-refractivity contribution is 5.95. The van der Waals surface area contributed by atoms with Gasteiger partial charge in [0.15, 0.2) is 0 Å². The first-order chi connectivity index (χ1) is 13.1. The molecular formula is C20H21N3O4. The number of amides is 1. The van der Waals surface area contributed by atoms with Crippen LogP contribution < -0.4 is 10.6 Å². The highest BCUT2D eigenvalue weighted by Crippen LogP contribution is 2.27. The minimum absolute atomic E-state index is 0.0794. The second-order valence-electron chi connectivity index (χ2n) is 6.27. The van der Waals surface area contributed by atoms with Gasteiger partial charge >= 0.3 is 5.97 Å². The molecule has 0 spiro atoms. The number of aromatic hydroxyl groups is 1. The van der Waals surface area contributed by atoms with E-state index in [0.717, 1.165) is 12.8 Å². The van der Waals surface area contributed by atoms with Crippen LogP contribution in [0, 0.1) is 0 Å². The lowest BCUT2D eigenvalue weighted by Crippen LogP contribution is -2.42. The Morgan fingerprint density at radius 1 is 1.22 bits per heavy atom. The second-order valence-corrected chi connectivity index (χ2v) is 6.27. The van der Waals surface area contributed by atoms with Crippen molar-refractivity contribution in [1.29, 1.82) is 0 Å². The van der Waals surface area contributed by atoms with Crippen molar-refractivity contribution >= 4 is 17.6 Å². The van der Waals surface area contributed by atoms with Crippen LogP contribution in [0.2, 0.25) is 0 Å². The molecule has 140 valence electrons. The number of phenols is 1. The van der Waals surface area contributed by atoms with Gasteiger partial charge in [-0.05, 0) is 49.7 Å². The van der Waals surface area contributed by atoms with Gasteiger partial charge in [0.05, 0.1) is 6.04 Å². The lowest BCUT2D eigenvalue weighted by Gasteiger charge is -2.21. The molecule has 0 radical (unpaired) electrons. The standard InChI is InChI=1S/C20H21N3O4/c1-2-22-14-6-7-15(17(24)12-14)20(26)27-18-5-3-4-16(18)23-19(25)13-8-10-21-11-9-13/h2,6-12,16,18,22,24H,1,3-5H2,(H,23,25)/t16-,18-/m1/s1. The first-order valence-corrected chi connectivity index (χ1v) is 8.71. The summed E-state index contributed by atoms with van der Waals surface area (Å²) >= 11 is 0. The zero-order valence-electron chi connectivity index (χ0n) is 14.7. The molecule has 0 bridgehead atoms. The number of ether oxygens (including phenoxy) is 1. The fraction of sp³-hybridized carbons (Fsp3) is 0.250. The van der Waals surface area contributed by atoms with E-state index in [1.165, 1.54) is 18.3 Å². The van der Waals surface area contributed by atoms with E-state index in [2.05, 4.69) is 22.2 Å². The number of esters is 1. The summed E-state index contributed by atoms with van der Waals surface area (Å²) in [5.41, 5.74) is 1.20. The van der Waals surface area contributed by atoms with Crippen molar-refractivity contribution in [3.63, 3.8) is 0 Å². The quantitative estimate of drug-likeness (QED) is 0.679. The van der Waals surface area contributed by atoms with Gasteiger partial charge in [-0.1, -0.05) is 6.58 Å². The van der Waals surface area contributed by atoms with E-state index in [-0.39, 0.29) is 23.3 Å². The van der Waals surface area contributed by atoms with Crippen molar-refractivity contribution in [2.45, 2.75) is 31.4 Å². The van der Waals surface area contributed by atoms with Crippen molar-refractivity contribution in [2.24, 2.45) is 0 Å². The molecule has 3 N–H and O–H groups in total. The fourth-order valence-corrected chi connectivity index (χ4v) is 3.10. The topological polar surface area (TPSA) is 101 Å². The summed E-state index contributed by atoms with van der Waals surface area (Å²) in [5.74, 6) is -1.03. The van der Waals surface area contributed by atoms with E-state index in [1.54, 1.807) is 30.6 Å². The molecule has 7 nitrogen and oxygen atoms in total. The van der Waals surface area contributed by atoms with E-state index in [4.69, 9.17) is 4.74 Å². The monoisotopic (exact) mass is 367 g/mol. The van der Waals surface area contributed by atoms with E-state index in [1.807, 2.05) is 0 Å². The van der Waals surface area contributed by atoms with Gasteiger partial charge in [0.1, 0.15) is 17.4 Å². The first kappa shape index (κ1) is 18.4. The number of rotatable bonds is 6. The molecule has 27 heavy (non-hydrogen) atoms. The molecule has 1 saturated carbocycles. The van der Waals surface area contributed by atoms with Crippen LogP contribution >= 0.6 is 0 Å². The molecule has 1 aliphatic rings. The van der Waals surface area contributed by atoms with Crippen molar-refractivity contribution < 1.29 is 19.4 Å². The van der Waals surface area contributed by atoms with Gasteiger partial charge in [-0.25, -0.2) is 4.79 Å². The number of carbonyl (C=O) groups is 2. The Hall–Kier alpha value is -3.35. The molecule has 7 heteroatoms.